The lowest BCUT2D eigenvalue weighted by Gasteiger charge is -2.03. The van der Waals surface area contributed by atoms with Gasteiger partial charge in [0.1, 0.15) is 5.75 Å². The Labute approximate surface area is 117 Å². The zero-order chi connectivity index (χ0) is 13.2. The number of aromatic nitrogens is 1. The van der Waals surface area contributed by atoms with Gasteiger partial charge < -0.3 is 10.5 Å². The maximum absolute atomic E-state index is 5.53. The van der Waals surface area contributed by atoms with Crippen molar-refractivity contribution >= 4 is 11.3 Å². The van der Waals surface area contributed by atoms with Crippen molar-refractivity contribution in [1.29, 1.82) is 0 Å². The van der Waals surface area contributed by atoms with Crippen molar-refractivity contribution in [2.45, 2.75) is 25.7 Å². The van der Waals surface area contributed by atoms with Gasteiger partial charge in [-0.3, -0.25) is 0 Å². The first-order valence-corrected chi connectivity index (χ1v) is 7.49. The molecule has 1 heterocycles. The zero-order valence-corrected chi connectivity index (χ0v) is 11.9. The number of hydrogen-bond donors (Lipinski definition) is 1. The number of thiazole rings is 1. The second-order valence-corrected chi connectivity index (χ2v) is 5.99. The summed E-state index contributed by atoms with van der Waals surface area (Å²) in [4.78, 5) is 6.20. The largest absolute Gasteiger partial charge is 0.497 e. The smallest absolute Gasteiger partial charge is 0.119 e. The van der Waals surface area contributed by atoms with Gasteiger partial charge in [-0.05, 0) is 43.5 Å². The van der Waals surface area contributed by atoms with Gasteiger partial charge in [0.05, 0.1) is 17.8 Å². The highest BCUT2D eigenvalue weighted by atomic mass is 32.1. The second kappa shape index (κ2) is 5.31. The van der Waals surface area contributed by atoms with E-state index in [1.54, 1.807) is 7.11 Å². The summed E-state index contributed by atoms with van der Waals surface area (Å²) in [6, 6.07) is 6.28. The molecule has 0 unspecified atom stereocenters. The van der Waals surface area contributed by atoms with Crippen LogP contribution in [0.15, 0.2) is 18.2 Å². The van der Waals surface area contributed by atoms with E-state index in [1.165, 1.54) is 26.7 Å². The van der Waals surface area contributed by atoms with E-state index < -0.39 is 0 Å². The molecule has 0 atom stereocenters. The van der Waals surface area contributed by atoms with E-state index in [-0.39, 0.29) is 0 Å². The van der Waals surface area contributed by atoms with Crippen LogP contribution in [-0.4, -0.2) is 18.6 Å². The predicted molar refractivity (Wildman–Crippen MR) is 78.9 cm³/mol. The predicted octanol–water partition coefficient (Wildman–Crippen LogP) is 3.00. The van der Waals surface area contributed by atoms with Crippen molar-refractivity contribution < 1.29 is 4.74 Å². The summed E-state index contributed by atoms with van der Waals surface area (Å²) in [6.07, 6.45) is 4.28. The van der Waals surface area contributed by atoms with Gasteiger partial charge in [-0.2, -0.15) is 0 Å². The molecule has 3 rings (SSSR count). The molecule has 0 bridgehead atoms. The number of rotatable bonds is 5. The number of benzene rings is 1. The molecule has 1 aromatic carbocycles. The lowest BCUT2D eigenvalue weighted by molar-refractivity contribution is 0.415. The zero-order valence-electron chi connectivity index (χ0n) is 11.1. The molecule has 2 N–H and O–H groups in total. The molecule has 0 spiro atoms. The Balaban J connectivity index is 1.85. The van der Waals surface area contributed by atoms with Crippen LogP contribution < -0.4 is 10.5 Å². The molecule has 100 valence electrons. The summed E-state index contributed by atoms with van der Waals surface area (Å²) < 4.78 is 5.30. The van der Waals surface area contributed by atoms with Crippen molar-refractivity contribution in [3.8, 4) is 17.0 Å². The Kier molecular flexibility index (Phi) is 3.53. The highest BCUT2D eigenvalue weighted by Crippen LogP contribution is 2.41. The average Bonchev–Trinajstić information content (AvgIpc) is 2.95. The third-order valence-electron chi connectivity index (χ3n) is 3.51. The minimum Gasteiger partial charge on any atom is -0.497 e. The molecule has 1 aliphatic carbocycles. The molecule has 4 heteroatoms. The molecule has 0 saturated carbocycles. The van der Waals surface area contributed by atoms with Crippen LogP contribution in [0.3, 0.4) is 0 Å². The molecule has 3 nitrogen and oxygen atoms in total. The number of fused-ring (bicyclic) bond motifs is 3. The standard InChI is InChI=1S/C15H18N2OS/c1-18-11-6-5-10-8-13-15(12(10)9-11)17-14(19-13)4-2-3-7-16/h5-6,9H,2-4,7-8,16H2,1H3. The Morgan fingerprint density at radius 3 is 3.05 bits per heavy atom. The fraction of sp³-hybridized carbons (Fsp3) is 0.400. The van der Waals surface area contributed by atoms with Gasteiger partial charge in [0.15, 0.2) is 0 Å². The van der Waals surface area contributed by atoms with E-state index in [1.807, 2.05) is 17.4 Å². The highest BCUT2D eigenvalue weighted by molar-refractivity contribution is 7.12. The lowest BCUT2D eigenvalue weighted by atomic mass is 10.1. The number of methoxy groups -OCH3 is 1. The van der Waals surface area contributed by atoms with E-state index in [0.29, 0.717) is 0 Å². The summed E-state index contributed by atoms with van der Waals surface area (Å²) in [6.45, 7) is 0.769. The molecule has 0 aliphatic heterocycles. The van der Waals surface area contributed by atoms with Crippen LogP contribution in [0.2, 0.25) is 0 Å². The molecule has 0 amide bonds. The fourth-order valence-electron chi connectivity index (χ4n) is 2.49. The van der Waals surface area contributed by atoms with Gasteiger partial charge in [0, 0.05) is 16.9 Å². The Morgan fingerprint density at radius 1 is 1.37 bits per heavy atom. The molecule has 19 heavy (non-hydrogen) atoms. The molecule has 1 aromatic heterocycles. The first-order chi connectivity index (χ1) is 9.31. The maximum atomic E-state index is 5.53. The first-order valence-electron chi connectivity index (χ1n) is 6.67. The molecular formula is C15H18N2OS. The molecule has 0 saturated heterocycles. The van der Waals surface area contributed by atoms with E-state index in [4.69, 9.17) is 15.5 Å². The van der Waals surface area contributed by atoms with Crippen LogP contribution in [0.5, 0.6) is 5.75 Å². The number of unbranched alkanes of at least 4 members (excludes halogenated alkanes) is 1. The quantitative estimate of drug-likeness (QED) is 0.728. The summed E-state index contributed by atoms with van der Waals surface area (Å²) in [5.41, 5.74) is 9.31. The van der Waals surface area contributed by atoms with Crippen LogP contribution in [0.25, 0.3) is 11.3 Å². The number of aryl methyl sites for hydroxylation is 1. The molecule has 0 radical (unpaired) electrons. The number of ether oxygens (including phenoxy) is 1. The molecule has 1 aliphatic rings. The van der Waals surface area contributed by atoms with Crippen molar-refractivity contribution in [3.05, 3.63) is 33.6 Å². The van der Waals surface area contributed by atoms with Crippen LogP contribution in [0.4, 0.5) is 0 Å². The SMILES string of the molecule is COc1ccc2c(c1)-c1nc(CCCCN)sc1C2. The van der Waals surface area contributed by atoms with Crippen LogP contribution in [-0.2, 0) is 12.8 Å². The molecule has 0 fully saturated rings. The van der Waals surface area contributed by atoms with E-state index in [0.717, 1.165) is 38.0 Å². The van der Waals surface area contributed by atoms with Crippen molar-refractivity contribution in [1.82, 2.24) is 4.98 Å². The van der Waals surface area contributed by atoms with E-state index >= 15 is 0 Å². The fourth-order valence-corrected chi connectivity index (χ4v) is 3.64. The summed E-state index contributed by atoms with van der Waals surface area (Å²) in [5.74, 6) is 0.907. The average molecular weight is 274 g/mol. The Morgan fingerprint density at radius 2 is 2.26 bits per heavy atom. The number of nitrogens with two attached hydrogens (primary N) is 1. The lowest BCUT2D eigenvalue weighted by Crippen LogP contribution is -1.98. The number of hydrogen-bond acceptors (Lipinski definition) is 4. The van der Waals surface area contributed by atoms with Crippen molar-refractivity contribution in [2.24, 2.45) is 5.73 Å². The number of nitrogens with zero attached hydrogens (tertiary/aromatic N) is 1. The Bertz CT molecular complexity index is 592. The van der Waals surface area contributed by atoms with Crippen LogP contribution in [0.1, 0.15) is 28.3 Å². The van der Waals surface area contributed by atoms with Crippen molar-refractivity contribution in [3.63, 3.8) is 0 Å². The third kappa shape index (κ3) is 2.38. The maximum Gasteiger partial charge on any atom is 0.119 e. The van der Waals surface area contributed by atoms with E-state index in [2.05, 4.69) is 12.1 Å². The van der Waals surface area contributed by atoms with Crippen LogP contribution >= 0.6 is 11.3 Å². The van der Waals surface area contributed by atoms with Gasteiger partial charge in [-0.15, -0.1) is 11.3 Å². The second-order valence-electron chi connectivity index (χ2n) is 4.83. The van der Waals surface area contributed by atoms with E-state index in [9.17, 15) is 0 Å². The normalized spacial score (nSPS) is 12.3. The first kappa shape index (κ1) is 12.6. The summed E-state index contributed by atoms with van der Waals surface area (Å²) in [7, 11) is 1.71. The van der Waals surface area contributed by atoms with Crippen molar-refractivity contribution in [2.75, 3.05) is 13.7 Å². The summed E-state index contributed by atoms with van der Waals surface area (Å²) in [5, 5.41) is 1.24. The van der Waals surface area contributed by atoms with Gasteiger partial charge >= 0.3 is 0 Å². The minimum absolute atomic E-state index is 0.769. The minimum atomic E-state index is 0.769. The Hall–Kier alpha value is -1.39. The third-order valence-corrected chi connectivity index (χ3v) is 4.62. The molecular weight excluding hydrogens is 256 g/mol. The van der Waals surface area contributed by atoms with Gasteiger partial charge in [0.25, 0.3) is 0 Å². The highest BCUT2D eigenvalue weighted by Gasteiger charge is 2.23. The van der Waals surface area contributed by atoms with Crippen LogP contribution in [0, 0.1) is 0 Å². The topological polar surface area (TPSA) is 48.1 Å². The van der Waals surface area contributed by atoms with Gasteiger partial charge in [0.2, 0.25) is 0 Å². The summed E-state index contributed by atoms with van der Waals surface area (Å²) >= 11 is 1.85. The van der Waals surface area contributed by atoms with Gasteiger partial charge in [-0.1, -0.05) is 6.07 Å². The molecule has 2 aromatic rings. The van der Waals surface area contributed by atoms with Gasteiger partial charge in [-0.25, -0.2) is 4.98 Å². The monoisotopic (exact) mass is 274 g/mol.